The lowest BCUT2D eigenvalue weighted by atomic mass is 9.95. The fraction of sp³-hybridized carbons (Fsp3) is 0.143. The predicted molar refractivity (Wildman–Crippen MR) is 144 cm³/mol. The maximum Gasteiger partial charge on any atom is 0.194 e. The Kier molecular flexibility index (Phi) is 6.25. The first-order valence-electron chi connectivity index (χ1n) is 11.2. The summed E-state index contributed by atoms with van der Waals surface area (Å²) in [6.45, 7) is 0. The van der Waals surface area contributed by atoms with Gasteiger partial charge in [-0.05, 0) is 54.0 Å². The van der Waals surface area contributed by atoms with E-state index in [0.29, 0.717) is 17.1 Å². The molecule has 35 heavy (non-hydrogen) atoms. The van der Waals surface area contributed by atoms with Crippen LogP contribution in [0.1, 0.15) is 23.6 Å². The maximum absolute atomic E-state index is 11.1. The molecule has 1 unspecified atom stereocenters. The third-order valence-corrected chi connectivity index (χ3v) is 6.46. The molecule has 0 bridgehead atoms. The van der Waals surface area contributed by atoms with Crippen LogP contribution >= 0.6 is 12.2 Å². The minimum atomic E-state index is -0.203. The minimum Gasteiger partial charge on any atom is -0.507 e. The van der Waals surface area contributed by atoms with Gasteiger partial charge >= 0.3 is 0 Å². The van der Waals surface area contributed by atoms with E-state index in [-0.39, 0.29) is 11.8 Å². The quantitative estimate of drug-likeness (QED) is 0.334. The smallest absolute Gasteiger partial charge is 0.194 e. The number of aromatic hydroxyl groups is 1. The average molecular weight is 484 g/mol. The number of nitrogens with zero attached hydrogens (tertiary/aromatic N) is 2. The molecule has 0 aliphatic carbocycles. The Bertz CT molecular complexity index is 1420. The highest BCUT2D eigenvalue weighted by Gasteiger charge is 2.34. The van der Waals surface area contributed by atoms with E-state index < -0.39 is 0 Å². The van der Waals surface area contributed by atoms with Gasteiger partial charge in [-0.15, -0.1) is 0 Å². The molecule has 1 heterocycles. The Morgan fingerprint density at radius 3 is 2.46 bits per heavy atom. The lowest BCUT2D eigenvalue weighted by Gasteiger charge is -2.26. The van der Waals surface area contributed by atoms with Crippen LogP contribution in [0.3, 0.4) is 0 Å². The van der Waals surface area contributed by atoms with Crippen molar-refractivity contribution in [3.05, 3.63) is 96.1 Å². The second kappa shape index (κ2) is 9.64. The monoisotopic (exact) mass is 483 g/mol. The first-order chi connectivity index (χ1) is 17.1. The number of phenols is 1. The van der Waals surface area contributed by atoms with Crippen molar-refractivity contribution >= 4 is 39.5 Å². The van der Waals surface area contributed by atoms with E-state index >= 15 is 0 Å². The van der Waals surface area contributed by atoms with E-state index in [9.17, 15) is 5.11 Å². The van der Waals surface area contributed by atoms with Crippen LogP contribution < -0.4 is 14.8 Å². The normalized spacial score (nSPS) is 15.1. The van der Waals surface area contributed by atoms with Gasteiger partial charge in [-0.3, -0.25) is 0 Å². The summed E-state index contributed by atoms with van der Waals surface area (Å²) in [7, 11) is 3.29. The number of hydrogen-bond acceptors (Lipinski definition) is 5. The summed E-state index contributed by atoms with van der Waals surface area (Å²) in [5.41, 5.74) is 3.24. The van der Waals surface area contributed by atoms with Crippen molar-refractivity contribution in [2.75, 3.05) is 19.5 Å². The Morgan fingerprint density at radius 2 is 1.69 bits per heavy atom. The van der Waals surface area contributed by atoms with Crippen LogP contribution in [0.25, 0.3) is 10.8 Å². The van der Waals surface area contributed by atoms with Crippen LogP contribution in [0.4, 0.5) is 5.69 Å². The zero-order valence-electron chi connectivity index (χ0n) is 19.4. The second-order valence-electron chi connectivity index (χ2n) is 8.19. The number of nitrogens with one attached hydrogen (secondary N) is 1. The van der Waals surface area contributed by atoms with Crippen molar-refractivity contribution in [1.29, 1.82) is 0 Å². The van der Waals surface area contributed by atoms with Gasteiger partial charge in [-0.1, -0.05) is 48.5 Å². The van der Waals surface area contributed by atoms with Crippen LogP contribution in [0.5, 0.6) is 17.2 Å². The van der Waals surface area contributed by atoms with Crippen LogP contribution in [0.2, 0.25) is 0 Å². The van der Waals surface area contributed by atoms with Gasteiger partial charge in [0.25, 0.3) is 0 Å². The molecule has 4 aromatic rings. The molecule has 0 saturated carbocycles. The summed E-state index contributed by atoms with van der Waals surface area (Å²) in [4.78, 5) is 0. The van der Waals surface area contributed by atoms with E-state index in [4.69, 9.17) is 26.8 Å². The number of phenolic OH excluding ortho intramolecular Hbond substituents is 1. The SMILES string of the molecule is COc1ccc(NC(=S)N2N=C(c3ccc4ccccc4c3O)CC2c2ccccc2OC)cc1. The van der Waals surface area contributed by atoms with Gasteiger partial charge in [0.15, 0.2) is 5.11 Å². The number of benzene rings is 4. The molecule has 0 radical (unpaired) electrons. The fourth-order valence-electron chi connectivity index (χ4n) is 4.39. The minimum absolute atomic E-state index is 0.203. The van der Waals surface area contributed by atoms with Crippen LogP contribution in [-0.2, 0) is 0 Å². The molecule has 176 valence electrons. The summed E-state index contributed by atoms with van der Waals surface area (Å²) >= 11 is 5.80. The van der Waals surface area contributed by atoms with Crippen molar-refractivity contribution in [3.63, 3.8) is 0 Å². The van der Waals surface area contributed by atoms with Gasteiger partial charge in [0, 0.05) is 28.6 Å². The van der Waals surface area contributed by atoms with E-state index in [0.717, 1.165) is 39.2 Å². The number of ether oxygens (including phenoxy) is 2. The zero-order chi connectivity index (χ0) is 24.4. The van der Waals surface area contributed by atoms with E-state index in [1.807, 2.05) is 84.9 Å². The molecular weight excluding hydrogens is 458 g/mol. The Labute approximate surface area is 209 Å². The van der Waals surface area contributed by atoms with E-state index in [2.05, 4.69) is 5.32 Å². The number of thiocarbonyl (C=S) groups is 1. The van der Waals surface area contributed by atoms with Crippen LogP contribution in [0, 0.1) is 0 Å². The molecule has 0 saturated heterocycles. The van der Waals surface area contributed by atoms with E-state index in [1.54, 1.807) is 19.2 Å². The highest BCUT2D eigenvalue weighted by molar-refractivity contribution is 7.80. The molecular formula is C28H25N3O3S. The third-order valence-electron chi connectivity index (χ3n) is 6.17. The number of fused-ring (bicyclic) bond motifs is 1. The number of para-hydroxylation sites is 1. The summed E-state index contributed by atoms with van der Waals surface area (Å²) in [6, 6.07) is 26.9. The summed E-state index contributed by atoms with van der Waals surface area (Å²) in [5.74, 6) is 1.74. The fourth-order valence-corrected chi connectivity index (χ4v) is 4.67. The molecule has 7 heteroatoms. The number of anilines is 1. The van der Waals surface area contributed by atoms with Gasteiger partial charge in [0.05, 0.1) is 26.0 Å². The maximum atomic E-state index is 11.1. The molecule has 4 aromatic carbocycles. The molecule has 0 spiro atoms. The van der Waals surface area contributed by atoms with Crippen molar-refractivity contribution in [1.82, 2.24) is 5.01 Å². The lowest BCUT2D eigenvalue weighted by molar-refractivity contribution is 0.350. The molecule has 5 rings (SSSR count). The summed E-state index contributed by atoms with van der Waals surface area (Å²) in [5, 5.41) is 23.3. The zero-order valence-corrected chi connectivity index (χ0v) is 20.3. The first kappa shape index (κ1) is 22.7. The largest absolute Gasteiger partial charge is 0.507 e. The lowest BCUT2D eigenvalue weighted by Crippen LogP contribution is -2.31. The predicted octanol–water partition coefficient (Wildman–Crippen LogP) is 6.11. The summed E-state index contributed by atoms with van der Waals surface area (Å²) < 4.78 is 10.9. The molecule has 0 amide bonds. The number of hydrogen-bond donors (Lipinski definition) is 2. The molecule has 1 aliphatic heterocycles. The second-order valence-corrected chi connectivity index (χ2v) is 8.58. The number of rotatable bonds is 5. The van der Waals surface area contributed by atoms with Crippen molar-refractivity contribution in [2.45, 2.75) is 12.5 Å². The van der Waals surface area contributed by atoms with Gasteiger partial charge in [0.1, 0.15) is 17.2 Å². The number of methoxy groups -OCH3 is 2. The first-order valence-corrected chi connectivity index (χ1v) is 11.7. The van der Waals surface area contributed by atoms with Gasteiger partial charge in [-0.2, -0.15) is 5.10 Å². The molecule has 1 atom stereocenters. The Hall–Kier alpha value is -4.10. The van der Waals surface area contributed by atoms with Crippen molar-refractivity contribution < 1.29 is 14.6 Å². The highest BCUT2D eigenvalue weighted by Crippen LogP contribution is 2.40. The van der Waals surface area contributed by atoms with Crippen molar-refractivity contribution in [2.24, 2.45) is 5.10 Å². The molecule has 6 nitrogen and oxygen atoms in total. The molecule has 2 N–H and O–H groups in total. The molecule has 0 aromatic heterocycles. The van der Waals surface area contributed by atoms with Crippen LogP contribution in [-0.4, -0.2) is 35.2 Å². The Morgan fingerprint density at radius 1 is 0.943 bits per heavy atom. The van der Waals surface area contributed by atoms with Gasteiger partial charge in [0.2, 0.25) is 0 Å². The third kappa shape index (κ3) is 4.38. The standard InChI is InChI=1S/C28H25N3O3S/c1-33-20-14-12-19(13-15-20)29-28(35)31-25(23-9-5-6-10-26(23)34-2)17-24(30-31)22-16-11-18-7-3-4-8-21(18)27(22)32/h3-16,25,32H,17H2,1-2H3,(H,29,35). The van der Waals surface area contributed by atoms with Gasteiger partial charge in [-0.25, -0.2) is 5.01 Å². The topological polar surface area (TPSA) is 66.3 Å². The van der Waals surface area contributed by atoms with Crippen LogP contribution in [0.15, 0.2) is 90.0 Å². The van der Waals surface area contributed by atoms with Crippen molar-refractivity contribution in [3.8, 4) is 17.2 Å². The number of hydrazone groups is 1. The molecule has 0 fully saturated rings. The summed E-state index contributed by atoms with van der Waals surface area (Å²) in [6.07, 6.45) is 0.552. The van der Waals surface area contributed by atoms with Gasteiger partial charge < -0.3 is 19.9 Å². The average Bonchev–Trinajstić information content (AvgIpc) is 3.34. The highest BCUT2D eigenvalue weighted by atomic mass is 32.1. The molecule has 1 aliphatic rings. The Balaban J connectivity index is 1.53. The van der Waals surface area contributed by atoms with E-state index in [1.165, 1.54) is 0 Å².